The van der Waals surface area contributed by atoms with Gasteiger partial charge in [0.15, 0.2) is 0 Å². The molecule has 0 aliphatic heterocycles. The molecule has 0 radical (unpaired) electrons. The van der Waals surface area contributed by atoms with Gasteiger partial charge in [-0.05, 0) is 18.9 Å². The predicted molar refractivity (Wildman–Crippen MR) is 80.0 cm³/mol. The number of fused-ring (bicyclic) bond motifs is 1. The van der Waals surface area contributed by atoms with Crippen molar-refractivity contribution in [2.24, 2.45) is 5.92 Å². The van der Waals surface area contributed by atoms with Crippen molar-refractivity contribution < 1.29 is 9.90 Å². The van der Waals surface area contributed by atoms with Crippen LogP contribution in [-0.4, -0.2) is 23.7 Å². The van der Waals surface area contributed by atoms with Gasteiger partial charge in [-0.15, -0.1) is 11.3 Å². The molecule has 0 saturated carbocycles. The lowest BCUT2D eigenvalue weighted by atomic mass is 10.1. The lowest BCUT2D eigenvalue weighted by Gasteiger charge is -2.18. The first-order chi connectivity index (χ1) is 9.04. The third kappa shape index (κ3) is 2.91. The highest BCUT2D eigenvalue weighted by Gasteiger charge is 2.20. The number of aliphatic hydroxyl groups excluding tert-OH is 1. The molecule has 0 saturated heterocycles. The minimum absolute atomic E-state index is 0.0112. The smallest absolute Gasteiger partial charge is 0.263 e. The SMILES string of the molecule is CC(CO)C(C)NC(=O)c1sc2ccccc2c1Cl. The Morgan fingerprint density at radius 2 is 2.11 bits per heavy atom. The first kappa shape index (κ1) is 14.3. The molecule has 1 heterocycles. The number of nitrogens with one attached hydrogen (secondary N) is 1. The highest BCUT2D eigenvalue weighted by atomic mass is 35.5. The Morgan fingerprint density at radius 1 is 1.42 bits per heavy atom. The molecule has 2 unspecified atom stereocenters. The number of hydrogen-bond acceptors (Lipinski definition) is 3. The monoisotopic (exact) mass is 297 g/mol. The molecular weight excluding hydrogens is 282 g/mol. The molecule has 0 aliphatic rings. The number of halogens is 1. The van der Waals surface area contributed by atoms with Crippen LogP contribution >= 0.6 is 22.9 Å². The number of thiophene rings is 1. The lowest BCUT2D eigenvalue weighted by molar-refractivity contribution is 0.0920. The van der Waals surface area contributed by atoms with E-state index in [2.05, 4.69) is 5.32 Å². The second kappa shape index (κ2) is 5.90. The van der Waals surface area contributed by atoms with Crippen LogP contribution in [0.2, 0.25) is 5.02 Å². The Balaban J connectivity index is 2.24. The molecule has 0 fully saturated rings. The molecule has 19 heavy (non-hydrogen) atoms. The molecule has 1 amide bonds. The summed E-state index contributed by atoms with van der Waals surface area (Å²) in [5.41, 5.74) is 0. The van der Waals surface area contributed by atoms with Gasteiger partial charge in [0.05, 0.1) is 5.02 Å². The zero-order chi connectivity index (χ0) is 14.0. The minimum atomic E-state index is -0.181. The van der Waals surface area contributed by atoms with E-state index in [9.17, 15) is 4.79 Å². The summed E-state index contributed by atoms with van der Waals surface area (Å²) in [6, 6.07) is 7.58. The van der Waals surface area contributed by atoms with Crippen molar-refractivity contribution in [3.63, 3.8) is 0 Å². The van der Waals surface area contributed by atoms with Crippen molar-refractivity contribution in [1.82, 2.24) is 5.32 Å². The summed E-state index contributed by atoms with van der Waals surface area (Å²) in [7, 11) is 0. The molecule has 3 nitrogen and oxygen atoms in total. The summed E-state index contributed by atoms with van der Waals surface area (Å²) in [6.07, 6.45) is 0. The summed E-state index contributed by atoms with van der Waals surface area (Å²) in [5, 5.41) is 13.4. The highest BCUT2D eigenvalue weighted by Crippen LogP contribution is 2.35. The number of amides is 1. The zero-order valence-electron chi connectivity index (χ0n) is 10.8. The molecule has 2 N–H and O–H groups in total. The Labute approximate surface area is 121 Å². The van der Waals surface area contributed by atoms with Crippen LogP contribution in [-0.2, 0) is 0 Å². The Bertz CT molecular complexity index is 596. The topological polar surface area (TPSA) is 49.3 Å². The molecule has 2 rings (SSSR count). The van der Waals surface area contributed by atoms with Crippen molar-refractivity contribution in [2.75, 3.05) is 6.61 Å². The van der Waals surface area contributed by atoms with Crippen LogP contribution in [0, 0.1) is 5.92 Å². The predicted octanol–water partition coefficient (Wildman–Crippen LogP) is 3.30. The van der Waals surface area contributed by atoms with Crippen LogP contribution in [0.1, 0.15) is 23.5 Å². The van der Waals surface area contributed by atoms with E-state index >= 15 is 0 Å². The maximum Gasteiger partial charge on any atom is 0.263 e. The van der Waals surface area contributed by atoms with Gasteiger partial charge in [-0.25, -0.2) is 0 Å². The van der Waals surface area contributed by atoms with E-state index in [1.165, 1.54) is 11.3 Å². The lowest BCUT2D eigenvalue weighted by Crippen LogP contribution is -2.38. The Kier molecular flexibility index (Phi) is 4.45. The standard InChI is InChI=1S/C14H16ClNO2S/c1-8(7-17)9(2)16-14(18)13-12(15)10-5-3-4-6-11(10)19-13/h3-6,8-9,17H,7H2,1-2H3,(H,16,18). The maximum atomic E-state index is 12.2. The fourth-order valence-electron chi connectivity index (χ4n) is 1.73. The fraction of sp³-hybridized carbons (Fsp3) is 0.357. The second-order valence-electron chi connectivity index (χ2n) is 4.66. The number of carbonyl (C=O) groups excluding carboxylic acids is 1. The fourth-order valence-corrected chi connectivity index (χ4v) is 3.15. The molecule has 0 spiro atoms. The van der Waals surface area contributed by atoms with Gasteiger partial charge in [0.2, 0.25) is 0 Å². The van der Waals surface area contributed by atoms with E-state index < -0.39 is 0 Å². The van der Waals surface area contributed by atoms with Crippen LogP contribution in [0.25, 0.3) is 10.1 Å². The van der Waals surface area contributed by atoms with Crippen LogP contribution in [0.3, 0.4) is 0 Å². The summed E-state index contributed by atoms with van der Waals surface area (Å²) in [5.74, 6) is -0.170. The van der Waals surface area contributed by atoms with Crippen molar-refractivity contribution in [3.05, 3.63) is 34.2 Å². The summed E-state index contributed by atoms with van der Waals surface area (Å²) in [6.45, 7) is 3.80. The van der Waals surface area contributed by atoms with Crippen molar-refractivity contribution in [2.45, 2.75) is 19.9 Å². The van der Waals surface area contributed by atoms with E-state index in [1.807, 2.05) is 38.1 Å². The van der Waals surface area contributed by atoms with Crippen molar-refractivity contribution in [1.29, 1.82) is 0 Å². The first-order valence-corrected chi connectivity index (χ1v) is 7.32. The van der Waals surface area contributed by atoms with Gasteiger partial charge < -0.3 is 10.4 Å². The molecule has 5 heteroatoms. The Morgan fingerprint density at radius 3 is 2.74 bits per heavy atom. The number of benzene rings is 1. The van der Waals surface area contributed by atoms with E-state index in [1.54, 1.807) is 0 Å². The number of rotatable bonds is 4. The van der Waals surface area contributed by atoms with Crippen molar-refractivity contribution >= 4 is 38.9 Å². The van der Waals surface area contributed by atoms with Crippen LogP contribution in [0.15, 0.2) is 24.3 Å². The minimum Gasteiger partial charge on any atom is -0.396 e. The van der Waals surface area contributed by atoms with E-state index in [-0.39, 0.29) is 24.5 Å². The van der Waals surface area contributed by atoms with Gasteiger partial charge in [0, 0.05) is 22.7 Å². The molecule has 102 valence electrons. The normalized spacial score (nSPS) is 14.3. The molecule has 2 atom stereocenters. The zero-order valence-corrected chi connectivity index (χ0v) is 12.4. The molecule has 1 aromatic carbocycles. The molecular formula is C14H16ClNO2S. The van der Waals surface area contributed by atoms with E-state index in [0.29, 0.717) is 9.90 Å². The summed E-state index contributed by atoms with van der Waals surface area (Å²) >= 11 is 7.64. The molecule has 0 bridgehead atoms. The van der Waals surface area contributed by atoms with E-state index in [4.69, 9.17) is 16.7 Å². The average molecular weight is 298 g/mol. The van der Waals surface area contributed by atoms with Crippen molar-refractivity contribution in [3.8, 4) is 0 Å². The second-order valence-corrected chi connectivity index (χ2v) is 6.09. The van der Waals surface area contributed by atoms with E-state index in [0.717, 1.165) is 10.1 Å². The number of aliphatic hydroxyl groups is 1. The Hall–Kier alpha value is -1.10. The summed E-state index contributed by atoms with van der Waals surface area (Å²) in [4.78, 5) is 12.7. The highest BCUT2D eigenvalue weighted by molar-refractivity contribution is 7.21. The van der Waals surface area contributed by atoms with Crippen LogP contribution < -0.4 is 5.32 Å². The number of hydrogen-bond donors (Lipinski definition) is 2. The molecule has 0 aliphatic carbocycles. The van der Waals surface area contributed by atoms with Gasteiger partial charge in [0.1, 0.15) is 4.88 Å². The largest absolute Gasteiger partial charge is 0.396 e. The first-order valence-electron chi connectivity index (χ1n) is 6.13. The van der Waals surface area contributed by atoms with Crippen LogP contribution in [0.4, 0.5) is 0 Å². The maximum absolute atomic E-state index is 12.2. The van der Waals surface area contributed by atoms with Gasteiger partial charge in [-0.2, -0.15) is 0 Å². The third-order valence-electron chi connectivity index (χ3n) is 3.24. The number of carbonyl (C=O) groups is 1. The van der Waals surface area contributed by atoms with Gasteiger partial charge >= 0.3 is 0 Å². The van der Waals surface area contributed by atoms with Gasteiger partial charge in [-0.3, -0.25) is 4.79 Å². The van der Waals surface area contributed by atoms with Gasteiger partial charge in [0.25, 0.3) is 5.91 Å². The molecule has 1 aromatic heterocycles. The summed E-state index contributed by atoms with van der Waals surface area (Å²) < 4.78 is 1.00. The quantitative estimate of drug-likeness (QED) is 0.909. The van der Waals surface area contributed by atoms with Gasteiger partial charge in [-0.1, -0.05) is 36.7 Å². The molecule has 2 aromatic rings. The van der Waals surface area contributed by atoms with Crippen LogP contribution in [0.5, 0.6) is 0 Å². The third-order valence-corrected chi connectivity index (χ3v) is 4.92. The average Bonchev–Trinajstić information content (AvgIpc) is 2.75.